The highest BCUT2D eigenvalue weighted by molar-refractivity contribution is 5.96. The zero-order valence-electron chi connectivity index (χ0n) is 11.6. The maximum atomic E-state index is 12.5. The summed E-state index contributed by atoms with van der Waals surface area (Å²) in [6.45, 7) is 1.68. The van der Waals surface area contributed by atoms with Crippen molar-refractivity contribution in [1.29, 1.82) is 0 Å². The molecule has 0 atom stereocenters. The Kier molecular flexibility index (Phi) is 3.54. The van der Waals surface area contributed by atoms with Gasteiger partial charge >= 0.3 is 0 Å². The van der Waals surface area contributed by atoms with Gasteiger partial charge in [-0.3, -0.25) is 4.79 Å². The van der Waals surface area contributed by atoms with Crippen molar-refractivity contribution in [2.24, 2.45) is 0 Å². The predicted molar refractivity (Wildman–Crippen MR) is 78.0 cm³/mol. The predicted octanol–water partition coefficient (Wildman–Crippen LogP) is 2.87. The van der Waals surface area contributed by atoms with Crippen LogP contribution < -0.4 is 4.74 Å². The van der Waals surface area contributed by atoms with Crippen molar-refractivity contribution in [2.45, 2.75) is 19.3 Å². The molecule has 1 aromatic heterocycles. The molecule has 0 spiro atoms. The van der Waals surface area contributed by atoms with Gasteiger partial charge in [0, 0.05) is 18.5 Å². The van der Waals surface area contributed by atoms with Crippen LogP contribution in [0.25, 0.3) is 10.9 Å². The average Bonchev–Trinajstić information content (AvgIpc) is 2.54. The van der Waals surface area contributed by atoms with Gasteiger partial charge in [0.25, 0.3) is 5.91 Å². The Morgan fingerprint density at radius 1 is 1.15 bits per heavy atom. The molecule has 104 valence electrons. The Morgan fingerprint density at radius 2 is 1.95 bits per heavy atom. The summed E-state index contributed by atoms with van der Waals surface area (Å²) in [7, 11) is 1.62. The van der Waals surface area contributed by atoms with Gasteiger partial charge in [-0.25, -0.2) is 4.98 Å². The summed E-state index contributed by atoms with van der Waals surface area (Å²) in [6, 6.07) is 9.50. The minimum absolute atomic E-state index is 0.0255. The Bertz CT molecular complexity index is 633. The number of hydrogen-bond donors (Lipinski definition) is 0. The van der Waals surface area contributed by atoms with E-state index in [4.69, 9.17) is 4.74 Å². The van der Waals surface area contributed by atoms with E-state index in [0.717, 1.165) is 36.8 Å². The number of hydrogen-bond acceptors (Lipinski definition) is 3. The highest BCUT2D eigenvalue weighted by Gasteiger charge is 2.19. The maximum absolute atomic E-state index is 12.5. The van der Waals surface area contributed by atoms with Crippen LogP contribution in [0.1, 0.15) is 29.8 Å². The highest BCUT2D eigenvalue weighted by Crippen LogP contribution is 2.24. The van der Waals surface area contributed by atoms with Crippen molar-refractivity contribution in [3.05, 3.63) is 36.0 Å². The first-order chi connectivity index (χ1) is 9.79. The smallest absolute Gasteiger partial charge is 0.272 e. The molecule has 2 heterocycles. The zero-order chi connectivity index (χ0) is 13.9. The standard InChI is InChI=1S/C16H18N2O2/c1-20-14-7-5-6-12-8-9-13(17-15(12)14)16(19)18-10-3-2-4-11-18/h5-9H,2-4,10-11H2,1H3. The summed E-state index contributed by atoms with van der Waals surface area (Å²) in [5.74, 6) is 0.730. The Balaban J connectivity index is 1.97. The van der Waals surface area contributed by atoms with Crippen molar-refractivity contribution in [3.63, 3.8) is 0 Å². The van der Waals surface area contributed by atoms with Crippen LogP contribution in [0.3, 0.4) is 0 Å². The van der Waals surface area contributed by atoms with E-state index >= 15 is 0 Å². The average molecular weight is 270 g/mol. The molecule has 1 saturated heterocycles. The minimum atomic E-state index is 0.0255. The molecule has 0 saturated carbocycles. The molecule has 2 aromatic rings. The number of para-hydroxylation sites is 1. The van der Waals surface area contributed by atoms with Crippen molar-refractivity contribution >= 4 is 16.8 Å². The zero-order valence-corrected chi connectivity index (χ0v) is 11.6. The lowest BCUT2D eigenvalue weighted by Crippen LogP contribution is -2.36. The van der Waals surface area contributed by atoms with Gasteiger partial charge in [0.2, 0.25) is 0 Å². The molecule has 4 heteroatoms. The summed E-state index contributed by atoms with van der Waals surface area (Å²) in [4.78, 5) is 18.9. The van der Waals surface area contributed by atoms with E-state index in [2.05, 4.69) is 4.98 Å². The van der Waals surface area contributed by atoms with Crippen molar-refractivity contribution in [1.82, 2.24) is 9.88 Å². The van der Waals surface area contributed by atoms with Crippen LogP contribution in [0.5, 0.6) is 5.75 Å². The molecule has 20 heavy (non-hydrogen) atoms. The van der Waals surface area contributed by atoms with E-state index < -0.39 is 0 Å². The normalized spacial score (nSPS) is 15.3. The summed E-state index contributed by atoms with van der Waals surface area (Å²) >= 11 is 0. The first-order valence-electron chi connectivity index (χ1n) is 7.02. The van der Waals surface area contributed by atoms with Crippen LogP contribution in [0.4, 0.5) is 0 Å². The number of nitrogens with zero attached hydrogens (tertiary/aromatic N) is 2. The van der Waals surface area contributed by atoms with E-state index in [1.165, 1.54) is 6.42 Å². The lowest BCUT2D eigenvalue weighted by Gasteiger charge is -2.26. The molecule has 0 aliphatic carbocycles. The van der Waals surface area contributed by atoms with Gasteiger partial charge in [0.05, 0.1) is 7.11 Å². The number of carbonyl (C=O) groups excluding carboxylic acids is 1. The number of carbonyl (C=O) groups is 1. The summed E-state index contributed by atoms with van der Waals surface area (Å²) in [5.41, 5.74) is 1.25. The van der Waals surface area contributed by atoms with E-state index in [0.29, 0.717) is 11.4 Å². The van der Waals surface area contributed by atoms with Gasteiger partial charge < -0.3 is 9.64 Å². The number of ether oxygens (including phenoxy) is 1. The first-order valence-corrected chi connectivity index (χ1v) is 7.02. The fourth-order valence-electron chi connectivity index (χ4n) is 2.66. The molecular weight excluding hydrogens is 252 g/mol. The van der Waals surface area contributed by atoms with Crippen molar-refractivity contribution in [3.8, 4) is 5.75 Å². The van der Waals surface area contributed by atoms with E-state index in [-0.39, 0.29) is 5.91 Å². The fourth-order valence-corrected chi connectivity index (χ4v) is 2.66. The molecule has 0 N–H and O–H groups in total. The molecule has 1 aromatic carbocycles. The number of aromatic nitrogens is 1. The number of methoxy groups -OCH3 is 1. The van der Waals surface area contributed by atoms with Gasteiger partial charge in [-0.1, -0.05) is 18.2 Å². The molecule has 1 aliphatic heterocycles. The Morgan fingerprint density at radius 3 is 2.70 bits per heavy atom. The number of likely N-dealkylation sites (tertiary alicyclic amines) is 1. The number of rotatable bonds is 2. The Labute approximate surface area is 118 Å². The summed E-state index contributed by atoms with van der Waals surface area (Å²) in [6.07, 6.45) is 3.38. The highest BCUT2D eigenvalue weighted by atomic mass is 16.5. The van der Waals surface area contributed by atoms with Gasteiger partial charge in [-0.2, -0.15) is 0 Å². The summed E-state index contributed by atoms with van der Waals surface area (Å²) < 4.78 is 5.32. The molecule has 4 nitrogen and oxygen atoms in total. The quantitative estimate of drug-likeness (QED) is 0.842. The molecule has 1 fully saturated rings. The number of benzene rings is 1. The third-order valence-corrected chi connectivity index (χ3v) is 3.77. The van der Waals surface area contributed by atoms with Crippen molar-refractivity contribution < 1.29 is 9.53 Å². The Hall–Kier alpha value is -2.10. The third-order valence-electron chi connectivity index (χ3n) is 3.77. The maximum Gasteiger partial charge on any atom is 0.272 e. The second-order valence-electron chi connectivity index (χ2n) is 5.08. The second-order valence-corrected chi connectivity index (χ2v) is 5.08. The van der Waals surface area contributed by atoms with Crippen LogP contribution in [0.15, 0.2) is 30.3 Å². The minimum Gasteiger partial charge on any atom is -0.494 e. The largest absolute Gasteiger partial charge is 0.494 e. The number of pyridine rings is 1. The monoisotopic (exact) mass is 270 g/mol. The van der Waals surface area contributed by atoms with Gasteiger partial charge in [0.15, 0.2) is 0 Å². The van der Waals surface area contributed by atoms with E-state index in [1.54, 1.807) is 13.2 Å². The number of amides is 1. The molecule has 1 amide bonds. The SMILES string of the molecule is COc1cccc2ccc(C(=O)N3CCCCC3)nc12. The topological polar surface area (TPSA) is 42.4 Å². The van der Waals surface area contributed by atoms with Crippen molar-refractivity contribution in [2.75, 3.05) is 20.2 Å². The molecule has 0 bridgehead atoms. The second kappa shape index (κ2) is 5.49. The van der Waals surface area contributed by atoms with E-state index in [1.807, 2.05) is 29.2 Å². The molecule has 1 aliphatic rings. The number of fused-ring (bicyclic) bond motifs is 1. The van der Waals surface area contributed by atoms with Gasteiger partial charge in [0.1, 0.15) is 17.0 Å². The number of piperidine rings is 1. The van der Waals surface area contributed by atoms with Gasteiger partial charge in [-0.05, 0) is 31.4 Å². The van der Waals surface area contributed by atoms with Crippen LogP contribution in [0, 0.1) is 0 Å². The lowest BCUT2D eigenvalue weighted by atomic mass is 10.1. The molecule has 3 rings (SSSR count). The first kappa shape index (κ1) is 12.9. The van der Waals surface area contributed by atoms with Crippen LogP contribution in [-0.4, -0.2) is 36.0 Å². The molecule has 0 radical (unpaired) electrons. The van der Waals surface area contributed by atoms with Crippen LogP contribution in [-0.2, 0) is 0 Å². The van der Waals surface area contributed by atoms with Crippen LogP contribution in [0.2, 0.25) is 0 Å². The van der Waals surface area contributed by atoms with Gasteiger partial charge in [-0.15, -0.1) is 0 Å². The van der Waals surface area contributed by atoms with Crippen LogP contribution >= 0.6 is 0 Å². The molecular formula is C16H18N2O2. The molecule has 0 unspecified atom stereocenters. The third kappa shape index (κ3) is 2.33. The fraction of sp³-hybridized carbons (Fsp3) is 0.375. The van der Waals surface area contributed by atoms with E-state index in [9.17, 15) is 4.79 Å². The lowest BCUT2D eigenvalue weighted by molar-refractivity contribution is 0.0719. The summed E-state index contributed by atoms with van der Waals surface area (Å²) in [5, 5.41) is 0.986.